The van der Waals surface area contributed by atoms with Crippen LogP contribution in [0.5, 0.6) is 0 Å². The third-order valence-electron chi connectivity index (χ3n) is 4.40. The van der Waals surface area contributed by atoms with E-state index in [0.717, 1.165) is 6.42 Å². The molecule has 0 aromatic carbocycles. The minimum atomic E-state index is -1.03. The van der Waals surface area contributed by atoms with Gasteiger partial charge in [-0.3, -0.25) is 9.59 Å². The lowest BCUT2D eigenvalue weighted by atomic mass is 9.93. The number of amides is 1. The summed E-state index contributed by atoms with van der Waals surface area (Å²) in [5.74, 6) is -2.24. The maximum atomic E-state index is 12.0. The Labute approximate surface area is 112 Å². The second kappa shape index (κ2) is 5.46. The van der Waals surface area contributed by atoms with E-state index in [1.807, 2.05) is 0 Å². The predicted octanol–water partition coefficient (Wildman–Crippen LogP) is 0.143. The average Bonchev–Trinajstić information content (AvgIpc) is 2.95. The Balaban J connectivity index is 1.89. The maximum Gasteiger partial charge on any atom is 0.307 e. The molecule has 1 heterocycles. The first kappa shape index (κ1) is 14.3. The third kappa shape index (κ3) is 2.90. The topological polar surface area (TPSA) is 95.9 Å². The SMILES string of the molecule is CC1OCCC1(O)CNC(=O)C1CCCC1C(=O)O. The maximum absolute atomic E-state index is 12.0. The van der Waals surface area contributed by atoms with Crippen molar-refractivity contribution in [2.75, 3.05) is 13.2 Å². The van der Waals surface area contributed by atoms with Crippen LogP contribution in [0, 0.1) is 11.8 Å². The predicted molar refractivity (Wildman–Crippen MR) is 66.5 cm³/mol. The molecule has 0 aromatic heterocycles. The smallest absolute Gasteiger partial charge is 0.307 e. The molecule has 1 saturated heterocycles. The number of carbonyl (C=O) groups is 2. The van der Waals surface area contributed by atoms with Gasteiger partial charge >= 0.3 is 5.97 Å². The van der Waals surface area contributed by atoms with Crippen molar-refractivity contribution in [3.63, 3.8) is 0 Å². The Morgan fingerprint density at radius 3 is 2.63 bits per heavy atom. The first-order chi connectivity index (χ1) is 8.94. The van der Waals surface area contributed by atoms with Crippen molar-refractivity contribution in [3.8, 4) is 0 Å². The van der Waals surface area contributed by atoms with E-state index < -0.39 is 23.4 Å². The Bertz CT molecular complexity index is 372. The number of carboxylic acid groups (broad SMARTS) is 1. The molecule has 1 saturated carbocycles. The highest BCUT2D eigenvalue weighted by atomic mass is 16.5. The fourth-order valence-corrected chi connectivity index (χ4v) is 2.94. The van der Waals surface area contributed by atoms with Crippen LogP contribution in [0.3, 0.4) is 0 Å². The third-order valence-corrected chi connectivity index (χ3v) is 4.40. The molecule has 2 aliphatic rings. The zero-order chi connectivity index (χ0) is 14.0. The van der Waals surface area contributed by atoms with Crippen LogP contribution in [-0.2, 0) is 14.3 Å². The summed E-state index contributed by atoms with van der Waals surface area (Å²) in [6.45, 7) is 2.37. The van der Waals surface area contributed by atoms with Crippen molar-refractivity contribution < 1.29 is 24.5 Å². The molecule has 3 N–H and O–H groups in total. The van der Waals surface area contributed by atoms with Gasteiger partial charge in [-0.25, -0.2) is 0 Å². The van der Waals surface area contributed by atoms with Crippen LogP contribution in [0.15, 0.2) is 0 Å². The lowest BCUT2D eigenvalue weighted by molar-refractivity contribution is -0.146. The Hall–Kier alpha value is -1.14. The van der Waals surface area contributed by atoms with Crippen molar-refractivity contribution in [1.82, 2.24) is 5.32 Å². The normalized spacial score (nSPS) is 38.3. The van der Waals surface area contributed by atoms with E-state index in [1.165, 1.54) is 0 Å². The van der Waals surface area contributed by atoms with Gasteiger partial charge in [0.15, 0.2) is 0 Å². The van der Waals surface area contributed by atoms with Gasteiger partial charge in [0.25, 0.3) is 0 Å². The number of nitrogens with one attached hydrogen (secondary N) is 1. The molecule has 2 rings (SSSR count). The van der Waals surface area contributed by atoms with E-state index in [-0.39, 0.29) is 18.6 Å². The summed E-state index contributed by atoms with van der Waals surface area (Å²) >= 11 is 0. The molecular weight excluding hydrogens is 250 g/mol. The zero-order valence-electron chi connectivity index (χ0n) is 11.1. The second-order valence-electron chi connectivity index (χ2n) is 5.57. The summed E-state index contributed by atoms with van der Waals surface area (Å²) in [6.07, 6.45) is 2.09. The number of ether oxygens (including phenoxy) is 1. The molecule has 19 heavy (non-hydrogen) atoms. The summed E-state index contributed by atoms with van der Waals surface area (Å²) in [6, 6.07) is 0. The van der Waals surface area contributed by atoms with E-state index in [1.54, 1.807) is 6.92 Å². The first-order valence-corrected chi connectivity index (χ1v) is 6.78. The van der Waals surface area contributed by atoms with Crippen molar-refractivity contribution in [2.45, 2.75) is 44.3 Å². The molecule has 1 aliphatic heterocycles. The van der Waals surface area contributed by atoms with Gasteiger partial charge in [0.2, 0.25) is 5.91 Å². The van der Waals surface area contributed by atoms with E-state index in [4.69, 9.17) is 9.84 Å². The fourth-order valence-electron chi connectivity index (χ4n) is 2.94. The lowest BCUT2D eigenvalue weighted by Gasteiger charge is -2.27. The van der Waals surface area contributed by atoms with E-state index in [0.29, 0.717) is 25.9 Å². The number of aliphatic hydroxyl groups is 1. The molecule has 0 aromatic rings. The molecular formula is C13H21NO5. The van der Waals surface area contributed by atoms with Gasteiger partial charge in [0.1, 0.15) is 5.60 Å². The minimum Gasteiger partial charge on any atom is -0.481 e. The Morgan fingerprint density at radius 1 is 1.37 bits per heavy atom. The number of hydrogen-bond acceptors (Lipinski definition) is 4. The van der Waals surface area contributed by atoms with Crippen molar-refractivity contribution in [3.05, 3.63) is 0 Å². The van der Waals surface area contributed by atoms with Crippen molar-refractivity contribution in [1.29, 1.82) is 0 Å². The van der Waals surface area contributed by atoms with Gasteiger partial charge in [0, 0.05) is 19.6 Å². The lowest BCUT2D eigenvalue weighted by Crippen LogP contribution is -2.49. The first-order valence-electron chi connectivity index (χ1n) is 6.78. The van der Waals surface area contributed by atoms with Gasteiger partial charge in [0.05, 0.1) is 17.9 Å². The molecule has 2 fully saturated rings. The highest BCUT2D eigenvalue weighted by Gasteiger charge is 2.42. The van der Waals surface area contributed by atoms with E-state index in [2.05, 4.69) is 5.32 Å². The Kier molecular flexibility index (Phi) is 4.10. The van der Waals surface area contributed by atoms with Gasteiger partial charge in [-0.05, 0) is 19.8 Å². The van der Waals surface area contributed by atoms with Crippen LogP contribution in [0.2, 0.25) is 0 Å². The van der Waals surface area contributed by atoms with E-state index >= 15 is 0 Å². The molecule has 4 atom stereocenters. The summed E-state index contributed by atoms with van der Waals surface area (Å²) in [7, 11) is 0. The highest BCUT2D eigenvalue weighted by Crippen LogP contribution is 2.32. The number of hydrogen-bond donors (Lipinski definition) is 3. The standard InChI is InChI=1S/C13H21NO5/c1-8-13(18,5-6-19-8)7-14-11(15)9-3-2-4-10(9)12(16)17/h8-10,18H,2-7H2,1H3,(H,14,15)(H,16,17). The summed E-state index contributed by atoms with van der Waals surface area (Å²) in [5.41, 5.74) is -1.03. The van der Waals surface area contributed by atoms with E-state index in [9.17, 15) is 14.7 Å². The van der Waals surface area contributed by atoms with Crippen molar-refractivity contribution >= 4 is 11.9 Å². The zero-order valence-corrected chi connectivity index (χ0v) is 11.1. The molecule has 0 spiro atoms. The Morgan fingerprint density at radius 2 is 2.05 bits per heavy atom. The molecule has 108 valence electrons. The number of carboxylic acids is 1. The van der Waals surface area contributed by atoms with Crippen LogP contribution in [0.1, 0.15) is 32.6 Å². The number of rotatable bonds is 4. The van der Waals surface area contributed by atoms with Gasteiger partial charge in [-0.2, -0.15) is 0 Å². The summed E-state index contributed by atoms with van der Waals surface area (Å²) in [4.78, 5) is 23.1. The van der Waals surface area contributed by atoms with Crippen molar-refractivity contribution in [2.24, 2.45) is 11.8 Å². The largest absolute Gasteiger partial charge is 0.481 e. The van der Waals surface area contributed by atoms with Crippen LogP contribution in [-0.4, -0.2) is 46.9 Å². The van der Waals surface area contributed by atoms with Gasteiger partial charge < -0.3 is 20.3 Å². The molecule has 4 unspecified atom stereocenters. The average molecular weight is 271 g/mol. The molecule has 0 radical (unpaired) electrons. The monoisotopic (exact) mass is 271 g/mol. The number of carbonyl (C=O) groups excluding carboxylic acids is 1. The highest BCUT2D eigenvalue weighted by molar-refractivity contribution is 5.85. The van der Waals surface area contributed by atoms with Crippen LogP contribution in [0.25, 0.3) is 0 Å². The quantitative estimate of drug-likeness (QED) is 0.676. The molecule has 1 amide bonds. The van der Waals surface area contributed by atoms with Gasteiger partial charge in [-0.15, -0.1) is 0 Å². The number of aliphatic carboxylic acids is 1. The molecule has 1 aliphatic carbocycles. The van der Waals surface area contributed by atoms with Crippen LogP contribution in [0.4, 0.5) is 0 Å². The fraction of sp³-hybridized carbons (Fsp3) is 0.846. The second-order valence-corrected chi connectivity index (χ2v) is 5.57. The molecule has 6 nitrogen and oxygen atoms in total. The minimum absolute atomic E-state index is 0.121. The summed E-state index contributed by atoms with van der Waals surface area (Å²) in [5, 5.41) is 22.0. The summed E-state index contributed by atoms with van der Waals surface area (Å²) < 4.78 is 5.29. The molecule has 0 bridgehead atoms. The van der Waals surface area contributed by atoms with Crippen LogP contribution >= 0.6 is 0 Å². The van der Waals surface area contributed by atoms with Gasteiger partial charge in [-0.1, -0.05) is 6.42 Å². The molecule has 6 heteroatoms. The van der Waals surface area contributed by atoms with Crippen LogP contribution < -0.4 is 5.32 Å².